The molecule has 0 aliphatic rings. The average Bonchev–Trinajstić information content (AvgIpc) is 3.29. The summed E-state index contributed by atoms with van der Waals surface area (Å²) in [4.78, 5) is 11.3. The molecular formula is C27H27N3O4. The van der Waals surface area contributed by atoms with Crippen LogP contribution in [0.25, 0.3) is 11.4 Å². The molecule has 4 aromatic rings. The van der Waals surface area contributed by atoms with Crippen LogP contribution in [0.4, 0.5) is 0 Å². The van der Waals surface area contributed by atoms with Gasteiger partial charge < -0.3 is 18.8 Å². The Labute approximate surface area is 198 Å². The van der Waals surface area contributed by atoms with Gasteiger partial charge in [-0.25, -0.2) is 4.79 Å². The van der Waals surface area contributed by atoms with Gasteiger partial charge in [0.15, 0.2) is 12.4 Å². The minimum Gasteiger partial charge on any atom is -0.497 e. The number of aryl methyl sites for hydroxylation is 2. The Morgan fingerprint density at radius 3 is 2.18 bits per heavy atom. The first-order chi connectivity index (χ1) is 16.7. The molecule has 0 aliphatic carbocycles. The minimum atomic E-state index is -0.423. The van der Waals surface area contributed by atoms with Crippen molar-refractivity contribution < 1.29 is 19.0 Å². The predicted octanol–water partition coefficient (Wildman–Crippen LogP) is 4.34. The third-order valence-corrected chi connectivity index (χ3v) is 5.50. The number of hydrogen-bond donors (Lipinski definition) is 0. The van der Waals surface area contributed by atoms with E-state index < -0.39 is 5.97 Å². The first-order valence-electron chi connectivity index (χ1n) is 11.0. The topological polar surface area (TPSA) is 75.5 Å². The highest BCUT2D eigenvalue weighted by molar-refractivity contribution is 5.71. The summed E-state index contributed by atoms with van der Waals surface area (Å²) in [5, 5.41) is 9.04. The van der Waals surface area contributed by atoms with E-state index in [0.29, 0.717) is 12.3 Å². The first kappa shape index (κ1) is 23.0. The number of hydrogen-bond acceptors (Lipinski definition) is 6. The molecule has 174 valence electrons. The molecule has 0 N–H and O–H groups in total. The Morgan fingerprint density at radius 1 is 0.794 bits per heavy atom. The van der Waals surface area contributed by atoms with Crippen LogP contribution in [0.5, 0.6) is 11.5 Å². The zero-order chi connectivity index (χ0) is 23.8. The average molecular weight is 458 g/mol. The van der Waals surface area contributed by atoms with Gasteiger partial charge in [-0.05, 0) is 53.9 Å². The van der Waals surface area contributed by atoms with Crippen LogP contribution in [0.2, 0.25) is 0 Å². The van der Waals surface area contributed by atoms with Crippen molar-refractivity contribution in [2.45, 2.75) is 19.4 Å². The lowest BCUT2D eigenvalue weighted by Crippen LogP contribution is -2.12. The summed E-state index contributed by atoms with van der Waals surface area (Å²) in [7, 11) is 3.00. The van der Waals surface area contributed by atoms with Crippen molar-refractivity contribution in [1.29, 1.82) is 0 Å². The van der Waals surface area contributed by atoms with Crippen LogP contribution in [-0.4, -0.2) is 41.6 Å². The molecule has 0 radical (unpaired) electrons. The van der Waals surface area contributed by atoms with E-state index in [2.05, 4.69) is 43.8 Å². The van der Waals surface area contributed by atoms with Gasteiger partial charge in [-0.2, -0.15) is 0 Å². The van der Waals surface area contributed by atoms with E-state index in [1.165, 1.54) is 18.2 Å². The number of carbonyl (C=O) groups is 1. The van der Waals surface area contributed by atoms with Crippen LogP contribution in [0.3, 0.4) is 0 Å². The molecular weight excluding hydrogens is 430 g/mol. The summed E-state index contributed by atoms with van der Waals surface area (Å²) in [6.45, 7) is 0.539. The van der Waals surface area contributed by atoms with Crippen molar-refractivity contribution in [3.8, 4) is 22.9 Å². The second-order valence-electron chi connectivity index (χ2n) is 7.75. The van der Waals surface area contributed by atoms with Crippen molar-refractivity contribution in [3.63, 3.8) is 0 Å². The fraction of sp³-hybridized carbons (Fsp3) is 0.222. The third-order valence-electron chi connectivity index (χ3n) is 5.50. The van der Waals surface area contributed by atoms with Crippen molar-refractivity contribution in [2.24, 2.45) is 0 Å². The molecule has 0 bridgehead atoms. The molecule has 1 aromatic heterocycles. The lowest BCUT2D eigenvalue weighted by molar-refractivity contribution is -0.142. The molecule has 0 aliphatic heterocycles. The molecule has 0 atom stereocenters. The largest absolute Gasteiger partial charge is 0.497 e. The molecule has 0 spiro atoms. The monoisotopic (exact) mass is 457 g/mol. The molecule has 0 saturated heterocycles. The fourth-order valence-corrected chi connectivity index (χ4v) is 3.62. The zero-order valence-corrected chi connectivity index (χ0v) is 19.3. The maximum Gasteiger partial charge on any atom is 0.343 e. The second-order valence-corrected chi connectivity index (χ2v) is 7.75. The summed E-state index contributed by atoms with van der Waals surface area (Å²) in [5.74, 6) is 2.71. The van der Waals surface area contributed by atoms with Crippen molar-refractivity contribution in [3.05, 3.63) is 95.8 Å². The Hall–Kier alpha value is -4.13. The Balaban J connectivity index is 1.56. The summed E-state index contributed by atoms with van der Waals surface area (Å²) >= 11 is 0. The summed E-state index contributed by atoms with van der Waals surface area (Å²) in [5.41, 5.74) is 3.31. The summed E-state index contributed by atoms with van der Waals surface area (Å²) in [6, 6.07) is 25.8. The number of carbonyl (C=O) groups excluding carboxylic acids is 1. The van der Waals surface area contributed by atoms with Crippen LogP contribution in [-0.2, 0) is 28.9 Å². The number of methoxy groups -OCH3 is 2. The maximum absolute atomic E-state index is 11.3. The maximum atomic E-state index is 11.3. The van der Waals surface area contributed by atoms with Crippen LogP contribution in [0.1, 0.15) is 17.0 Å². The van der Waals surface area contributed by atoms with E-state index >= 15 is 0 Å². The van der Waals surface area contributed by atoms with E-state index in [-0.39, 0.29) is 6.61 Å². The summed E-state index contributed by atoms with van der Waals surface area (Å²) < 4.78 is 17.5. The van der Waals surface area contributed by atoms with Gasteiger partial charge in [0, 0.05) is 12.0 Å². The Bertz CT molecular complexity index is 1200. The van der Waals surface area contributed by atoms with E-state index in [0.717, 1.165) is 35.8 Å². The number of rotatable bonds is 10. The standard InChI is InChI=1S/C27H27N3O4/c1-32-23-13-8-20(9-14-23)10-17-25-28-29-27(30(25)18-21-6-4-3-5-7-21)22-11-15-24(16-12-22)34-19-26(31)33-2/h3-9,11-16H,10,17-19H2,1-2H3. The molecule has 0 amide bonds. The van der Waals surface area contributed by atoms with Gasteiger partial charge in [0.2, 0.25) is 0 Å². The molecule has 3 aromatic carbocycles. The van der Waals surface area contributed by atoms with Gasteiger partial charge in [0.05, 0.1) is 20.8 Å². The van der Waals surface area contributed by atoms with Gasteiger partial charge >= 0.3 is 5.97 Å². The van der Waals surface area contributed by atoms with Crippen LogP contribution >= 0.6 is 0 Å². The van der Waals surface area contributed by atoms with E-state index in [4.69, 9.17) is 9.47 Å². The Kier molecular flexibility index (Phi) is 7.55. The molecule has 34 heavy (non-hydrogen) atoms. The predicted molar refractivity (Wildman–Crippen MR) is 129 cm³/mol. The highest BCUT2D eigenvalue weighted by Gasteiger charge is 2.15. The quantitative estimate of drug-likeness (QED) is 0.330. The van der Waals surface area contributed by atoms with Crippen molar-refractivity contribution >= 4 is 5.97 Å². The van der Waals surface area contributed by atoms with Gasteiger partial charge in [0.25, 0.3) is 0 Å². The fourth-order valence-electron chi connectivity index (χ4n) is 3.62. The second kappa shape index (κ2) is 11.1. The minimum absolute atomic E-state index is 0.129. The molecule has 0 unspecified atom stereocenters. The van der Waals surface area contributed by atoms with E-state index in [1.54, 1.807) is 7.11 Å². The lowest BCUT2D eigenvalue weighted by Gasteiger charge is -2.12. The normalized spacial score (nSPS) is 10.6. The molecule has 0 fully saturated rings. The number of benzene rings is 3. The molecule has 1 heterocycles. The lowest BCUT2D eigenvalue weighted by atomic mass is 10.1. The van der Waals surface area contributed by atoms with E-state index in [9.17, 15) is 4.79 Å². The van der Waals surface area contributed by atoms with Gasteiger partial charge in [-0.15, -0.1) is 10.2 Å². The van der Waals surface area contributed by atoms with Gasteiger partial charge in [-0.1, -0.05) is 42.5 Å². The zero-order valence-electron chi connectivity index (χ0n) is 19.3. The molecule has 7 nitrogen and oxygen atoms in total. The van der Waals surface area contributed by atoms with Crippen LogP contribution < -0.4 is 9.47 Å². The van der Waals surface area contributed by atoms with E-state index in [1.807, 2.05) is 54.6 Å². The van der Waals surface area contributed by atoms with Crippen LogP contribution in [0, 0.1) is 0 Å². The molecule has 7 heteroatoms. The molecule has 0 saturated carbocycles. The smallest absolute Gasteiger partial charge is 0.343 e. The van der Waals surface area contributed by atoms with Crippen molar-refractivity contribution in [2.75, 3.05) is 20.8 Å². The van der Waals surface area contributed by atoms with Crippen molar-refractivity contribution in [1.82, 2.24) is 14.8 Å². The van der Waals surface area contributed by atoms with Gasteiger partial charge in [-0.3, -0.25) is 0 Å². The molecule has 4 rings (SSSR count). The highest BCUT2D eigenvalue weighted by atomic mass is 16.6. The number of ether oxygens (including phenoxy) is 3. The summed E-state index contributed by atoms with van der Waals surface area (Å²) in [6.07, 6.45) is 1.60. The number of esters is 1. The number of nitrogens with zero attached hydrogens (tertiary/aromatic N) is 3. The third kappa shape index (κ3) is 5.81. The van der Waals surface area contributed by atoms with Crippen LogP contribution in [0.15, 0.2) is 78.9 Å². The number of aromatic nitrogens is 3. The first-order valence-corrected chi connectivity index (χ1v) is 11.0. The van der Waals surface area contributed by atoms with Gasteiger partial charge in [0.1, 0.15) is 17.3 Å². The SMILES string of the molecule is COC(=O)COc1ccc(-c2nnc(CCc3ccc(OC)cc3)n2Cc2ccccc2)cc1. The highest BCUT2D eigenvalue weighted by Crippen LogP contribution is 2.24. The Morgan fingerprint density at radius 2 is 1.50 bits per heavy atom.